The summed E-state index contributed by atoms with van der Waals surface area (Å²) in [6, 6.07) is 0. The monoisotopic (exact) mass is 595 g/mol. The Morgan fingerprint density at radius 3 is 2.03 bits per heavy atom. The molecule has 0 saturated heterocycles. The third-order valence-corrected chi connectivity index (χ3v) is 18.0. The summed E-state index contributed by atoms with van der Waals surface area (Å²) in [4.78, 5) is 5.05. The van der Waals surface area contributed by atoms with Crippen LogP contribution in [0.1, 0.15) is 72.5 Å². The van der Waals surface area contributed by atoms with Crippen LogP contribution in [0.4, 0.5) is 0 Å². The van der Waals surface area contributed by atoms with E-state index in [2.05, 4.69) is 120 Å². The average Bonchev–Trinajstić information content (AvgIpc) is 3.06. The first-order chi connectivity index (χ1) is 13.8. The molecule has 1 aromatic heterocycles. The predicted molar refractivity (Wildman–Crippen MR) is 152 cm³/mol. The van der Waals surface area contributed by atoms with E-state index < -0.39 is 16.6 Å². The highest BCUT2D eigenvalue weighted by Crippen LogP contribution is 2.42. The fraction of sp³-hybridized carbons (Fsp3) is 0.792. The summed E-state index contributed by atoms with van der Waals surface area (Å²) in [7, 11) is -3.60. The van der Waals surface area contributed by atoms with Crippen molar-refractivity contribution < 1.29 is 8.85 Å². The maximum Gasteiger partial charge on any atom is 0.192 e. The zero-order valence-electron chi connectivity index (χ0n) is 22.0. The highest BCUT2D eigenvalue weighted by molar-refractivity contribution is 14.1. The summed E-state index contributed by atoms with van der Waals surface area (Å²) in [6.07, 6.45) is 4.12. The van der Waals surface area contributed by atoms with Crippen LogP contribution in [0, 0.1) is 0 Å². The first-order valence-electron chi connectivity index (χ1n) is 11.4. The lowest BCUT2D eigenvalue weighted by molar-refractivity contribution is 0.111. The maximum atomic E-state index is 6.93. The average molecular weight is 596 g/mol. The molecule has 0 fully saturated rings. The van der Waals surface area contributed by atoms with Crippen molar-refractivity contribution in [2.75, 3.05) is 6.61 Å². The number of rotatable bonds is 10. The molecule has 0 bridgehead atoms. The highest BCUT2D eigenvalue weighted by Gasteiger charge is 2.44. The Kier molecular flexibility index (Phi) is 10.3. The predicted octanol–water partition coefficient (Wildman–Crippen LogP) is 8.71. The topological polar surface area (TPSA) is 31.4 Å². The molecule has 31 heavy (non-hydrogen) atoms. The van der Waals surface area contributed by atoms with Crippen molar-refractivity contribution in [3.63, 3.8) is 0 Å². The molecule has 3 nitrogen and oxygen atoms in total. The Hall–Kier alpha value is 0.454. The molecule has 0 aromatic carbocycles. The van der Waals surface area contributed by atoms with Crippen LogP contribution in [0.15, 0.2) is 15.5 Å². The van der Waals surface area contributed by atoms with Crippen LogP contribution in [0.25, 0.3) is 0 Å². The molecule has 0 aliphatic carbocycles. The molecule has 0 N–H and O–H groups in total. The molecule has 1 aromatic rings. The Morgan fingerprint density at radius 1 is 1.00 bits per heavy atom. The van der Waals surface area contributed by atoms with Gasteiger partial charge in [-0.2, -0.15) is 0 Å². The fourth-order valence-electron chi connectivity index (χ4n) is 2.68. The van der Waals surface area contributed by atoms with Crippen LogP contribution in [0.5, 0.6) is 0 Å². The maximum absolute atomic E-state index is 6.93. The summed E-state index contributed by atoms with van der Waals surface area (Å²) in [5, 5.41) is 3.80. The number of nitrogens with zero attached hydrogens (tertiary/aromatic N) is 1. The first-order valence-corrected chi connectivity index (χ1v) is 19.3. The smallest absolute Gasteiger partial charge is 0.192 e. The second kappa shape index (κ2) is 10.8. The largest absolute Gasteiger partial charge is 0.416 e. The first kappa shape index (κ1) is 29.5. The summed E-state index contributed by atoms with van der Waals surface area (Å²) in [6.45, 7) is 28.4. The summed E-state index contributed by atoms with van der Waals surface area (Å²) in [5.41, 5.74) is 0.997. The number of thiazole rings is 1. The van der Waals surface area contributed by atoms with E-state index in [4.69, 9.17) is 13.8 Å². The van der Waals surface area contributed by atoms with E-state index in [0.717, 1.165) is 25.1 Å². The Balaban J connectivity index is 2.99. The minimum Gasteiger partial charge on any atom is -0.416 e. The molecule has 0 saturated carbocycles. The van der Waals surface area contributed by atoms with Gasteiger partial charge in [0.2, 0.25) is 0 Å². The van der Waals surface area contributed by atoms with E-state index in [0.29, 0.717) is 0 Å². The Morgan fingerprint density at radius 2 is 1.55 bits per heavy atom. The molecule has 1 heterocycles. The van der Waals surface area contributed by atoms with Crippen LogP contribution in [-0.4, -0.2) is 34.3 Å². The van der Waals surface area contributed by atoms with Gasteiger partial charge in [-0.1, -0.05) is 84.1 Å². The van der Waals surface area contributed by atoms with E-state index in [1.54, 1.807) is 11.3 Å². The van der Waals surface area contributed by atoms with Gasteiger partial charge >= 0.3 is 0 Å². The Bertz CT molecular complexity index is 731. The van der Waals surface area contributed by atoms with Crippen molar-refractivity contribution in [3.05, 3.63) is 26.2 Å². The number of halogens is 1. The standard InChI is InChI=1S/C24H46INO2SSi2/c1-22(2,3)30(9,10)27-17-15-19-18-29-21(26-19)24(7,8)20(14-13-16-25)28-31(11,12)23(4,5)6/h13,16,18,20H,14-15,17H2,1-12H3/b16-13+. The van der Waals surface area contributed by atoms with Crippen molar-refractivity contribution in [1.82, 2.24) is 4.98 Å². The lowest BCUT2D eigenvalue weighted by atomic mass is 9.85. The van der Waals surface area contributed by atoms with E-state index in [9.17, 15) is 0 Å². The van der Waals surface area contributed by atoms with Crippen molar-refractivity contribution >= 4 is 50.6 Å². The second-order valence-corrected chi connectivity index (χ2v) is 23.3. The molecule has 0 radical (unpaired) electrons. The molecule has 0 spiro atoms. The van der Waals surface area contributed by atoms with Gasteiger partial charge in [0.25, 0.3) is 0 Å². The molecular weight excluding hydrogens is 549 g/mol. The van der Waals surface area contributed by atoms with Gasteiger partial charge in [-0.05, 0) is 46.8 Å². The third kappa shape index (κ3) is 8.02. The zero-order valence-corrected chi connectivity index (χ0v) is 27.0. The SMILES string of the molecule is CC(C)(c1nc(CCO[Si](C)(C)C(C)(C)C)cs1)C(C/C=C/I)O[Si](C)(C)C(C)(C)C. The van der Waals surface area contributed by atoms with Crippen molar-refractivity contribution in [3.8, 4) is 0 Å². The molecule has 1 atom stereocenters. The molecule has 0 aliphatic rings. The van der Waals surface area contributed by atoms with Crippen molar-refractivity contribution in [1.29, 1.82) is 0 Å². The fourth-order valence-corrected chi connectivity index (χ4v) is 6.50. The van der Waals surface area contributed by atoms with Gasteiger partial charge < -0.3 is 8.85 Å². The van der Waals surface area contributed by atoms with E-state index >= 15 is 0 Å². The minimum absolute atomic E-state index is 0.113. The highest BCUT2D eigenvalue weighted by atomic mass is 127. The molecule has 7 heteroatoms. The molecule has 1 unspecified atom stereocenters. The minimum atomic E-state index is -1.89. The van der Waals surface area contributed by atoms with Gasteiger partial charge in [0.05, 0.1) is 11.8 Å². The van der Waals surface area contributed by atoms with Crippen molar-refractivity contribution in [2.24, 2.45) is 0 Å². The lowest BCUT2D eigenvalue weighted by Crippen LogP contribution is -2.49. The molecule has 180 valence electrons. The van der Waals surface area contributed by atoms with Crippen molar-refractivity contribution in [2.45, 2.75) is 116 Å². The molecular formula is C24H46INO2SSi2. The van der Waals surface area contributed by atoms with Gasteiger partial charge in [-0.15, -0.1) is 11.3 Å². The zero-order chi connectivity index (χ0) is 24.3. The van der Waals surface area contributed by atoms with Crippen LogP contribution < -0.4 is 0 Å². The van der Waals surface area contributed by atoms with Gasteiger partial charge in [0.1, 0.15) is 5.01 Å². The summed E-state index contributed by atoms with van der Waals surface area (Å²) < 4.78 is 15.4. The normalized spacial score (nSPS) is 15.6. The number of aromatic nitrogens is 1. The van der Waals surface area contributed by atoms with E-state index in [1.807, 2.05) is 0 Å². The Labute approximate surface area is 212 Å². The number of hydrogen-bond acceptors (Lipinski definition) is 4. The number of hydrogen-bond donors (Lipinski definition) is 0. The van der Waals surface area contributed by atoms with E-state index in [1.165, 1.54) is 5.01 Å². The van der Waals surface area contributed by atoms with Gasteiger partial charge in [-0.3, -0.25) is 0 Å². The van der Waals surface area contributed by atoms with Gasteiger partial charge in [0.15, 0.2) is 16.6 Å². The molecule has 0 amide bonds. The summed E-state index contributed by atoms with van der Waals surface area (Å²) in [5.74, 6) is 0. The van der Waals surface area contributed by atoms with Crippen LogP contribution >= 0.6 is 33.9 Å². The van der Waals surface area contributed by atoms with Crippen LogP contribution in [0.2, 0.25) is 36.3 Å². The van der Waals surface area contributed by atoms with Gasteiger partial charge in [-0.25, -0.2) is 4.98 Å². The van der Waals surface area contributed by atoms with Crippen LogP contribution in [0.3, 0.4) is 0 Å². The second-order valence-electron chi connectivity index (χ2n) is 12.2. The molecule has 0 aliphatic heterocycles. The molecule has 1 rings (SSSR count). The van der Waals surface area contributed by atoms with E-state index in [-0.39, 0.29) is 21.6 Å². The summed E-state index contributed by atoms with van der Waals surface area (Å²) >= 11 is 4.07. The quantitative estimate of drug-likeness (QED) is 0.200. The van der Waals surface area contributed by atoms with Gasteiger partial charge in [0, 0.05) is 23.8 Å². The van der Waals surface area contributed by atoms with Crippen LogP contribution in [-0.2, 0) is 20.7 Å². The lowest BCUT2D eigenvalue weighted by Gasteiger charge is -2.43. The third-order valence-electron chi connectivity index (χ3n) is 7.22.